The molecule has 0 aliphatic carbocycles. The Hall–Kier alpha value is -1.96. The van der Waals surface area contributed by atoms with Crippen LogP contribution in [-0.2, 0) is 0 Å². The number of fused-ring (bicyclic) bond motifs is 1. The van der Waals surface area contributed by atoms with Crippen molar-refractivity contribution in [1.82, 2.24) is 15.2 Å². The van der Waals surface area contributed by atoms with E-state index in [0.29, 0.717) is 6.54 Å². The lowest BCUT2D eigenvalue weighted by Crippen LogP contribution is -2.48. The normalized spacial score (nSPS) is 15.6. The van der Waals surface area contributed by atoms with Crippen LogP contribution in [0.15, 0.2) is 41.8 Å². The zero-order valence-corrected chi connectivity index (χ0v) is 15.5. The minimum Gasteiger partial charge on any atom is -0.350 e. The van der Waals surface area contributed by atoms with E-state index < -0.39 is 0 Å². The average Bonchev–Trinajstić information content (AvgIpc) is 3.32. The number of nitrogens with one attached hydrogen (secondary N) is 1. The van der Waals surface area contributed by atoms with Crippen molar-refractivity contribution in [2.24, 2.45) is 0 Å². The lowest BCUT2D eigenvalue weighted by atomic mass is 10.3. The van der Waals surface area contributed by atoms with E-state index in [0.717, 1.165) is 48.2 Å². The minimum absolute atomic E-state index is 0.0307. The van der Waals surface area contributed by atoms with Gasteiger partial charge in [0, 0.05) is 39.3 Å². The molecule has 2 aromatic heterocycles. The molecule has 0 atom stereocenters. The molecule has 0 unspecified atom stereocenters. The van der Waals surface area contributed by atoms with Crippen molar-refractivity contribution >= 4 is 43.9 Å². The second kappa shape index (κ2) is 7.51. The van der Waals surface area contributed by atoms with Gasteiger partial charge in [0.2, 0.25) is 0 Å². The van der Waals surface area contributed by atoms with Gasteiger partial charge < -0.3 is 10.2 Å². The molecule has 0 radical (unpaired) electrons. The molecule has 0 spiro atoms. The van der Waals surface area contributed by atoms with Crippen molar-refractivity contribution in [1.29, 1.82) is 0 Å². The smallest absolute Gasteiger partial charge is 0.261 e. The molecule has 0 bridgehead atoms. The molecule has 1 N–H and O–H groups in total. The summed E-state index contributed by atoms with van der Waals surface area (Å²) in [4.78, 5) is 22.2. The summed E-state index contributed by atoms with van der Waals surface area (Å²) < 4.78 is 1.25. The number of hydrogen-bond donors (Lipinski definition) is 1. The largest absolute Gasteiger partial charge is 0.350 e. The highest BCUT2D eigenvalue weighted by Crippen LogP contribution is 2.28. The van der Waals surface area contributed by atoms with Gasteiger partial charge >= 0.3 is 0 Å². The Kier molecular flexibility index (Phi) is 4.96. The first-order chi connectivity index (χ1) is 12.3. The molecule has 1 aliphatic heterocycles. The quantitative estimate of drug-likeness (QED) is 0.748. The molecular weight excluding hydrogens is 352 g/mol. The Bertz CT molecular complexity index is 805. The number of thiazole rings is 1. The van der Waals surface area contributed by atoms with E-state index in [1.807, 2.05) is 23.6 Å². The molecular formula is C18H20N4OS2. The Labute approximate surface area is 154 Å². The summed E-state index contributed by atoms with van der Waals surface area (Å²) in [6, 6.07) is 12.1. The Morgan fingerprint density at radius 1 is 1.12 bits per heavy atom. The zero-order chi connectivity index (χ0) is 17.1. The molecule has 1 fully saturated rings. The Balaban J connectivity index is 1.25. The zero-order valence-electron chi connectivity index (χ0n) is 13.9. The van der Waals surface area contributed by atoms with Crippen LogP contribution in [0.3, 0.4) is 0 Å². The second-order valence-electron chi connectivity index (χ2n) is 6.03. The van der Waals surface area contributed by atoms with Crippen LogP contribution in [0.4, 0.5) is 5.13 Å². The third-order valence-corrected chi connectivity index (χ3v) is 6.35. The molecule has 1 amide bonds. The first kappa shape index (κ1) is 16.5. The molecule has 0 saturated carbocycles. The van der Waals surface area contributed by atoms with Gasteiger partial charge in [-0.3, -0.25) is 9.69 Å². The van der Waals surface area contributed by atoms with Gasteiger partial charge in [0.25, 0.3) is 5.91 Å². The van der Waals surface area contributed by atoms with Crippen molar-refractivity contribution in [3.8, 4) is 0 Å². The van der Waals surface area contributed by atoms with Crippen molar-refractivity contribution < 1.29 is 4.79 Å². The fraction of sp³-hybridized carbons (Fsp3) is 0.333. The number of para-hydroxylation sites is 1. The van der Waals surface area contributed by atoms with Gasteiger partial charge in [-0.05, 0) is 23.6 Å². The van der Waals surface area contributed by atoms with E-state index in [4.69, 9.17) is 4.98 Å². The number of anilines is 1. The molecule has 1 aliphatic rings. The third-order valence-electron chi connectivity index (χ3n) is 4.38. The highest BCUT2D eigenvalue weighted by atomic mass is 32.1. The van der Waals surface area contributed by atoms with Gasteiger partial charge in [-0.1, -0.05) is 29.5 Å². The number of rotatable bonds is 5. The molecule has 3 heterocycles. The number of piperazine rings is 1. The summed E-state index contributed by atoms with van der Waals surface area (Å²) in [5, 5.41) is 6.04. The fourth-order valence-electron chi connectivity index (χ4n) is 2.98. The van der Waals surface area contributed by atoms with Gasteiger partial charge in [-0.2, -0.15) is 0 Å². The van der Waals surface area contributed by atoms with Crippen molar-refractivity contribution in [2.75, 3.05) is 44.2 Å². The standard InChI is InChI=1S/C18H20N4OS2/c23-17(16-6-3-13-24-16)19-7-8-21-9-11-22(12-10-21)18-20-14-4-1-2-5-15(14)25-18/h1-6,13H,7-12H2,(H,19,23). The van der Waals surface area contributed by atoms with E-state index in [-0.39, 0.29) is 5.91 Å². The summed E-state index contributed by atoms with van der Waals surface area (Å²) in [6.07, 6.45) is 0. The number of thiophene rings is 1. The average molecular weight is 373 g/mol. The van der Waals surface area contributed by atoms with E-state index in [2.05, 4.69) is 33.3 Å². The molecule has 130 valence electrons. The summed E-state index contributed by atoms with van der Waals surface area (Å²) in [5.74, 6) is 0.0307. The first-order valence-electron chi connectivity index (χ1n) is 8.44. The molecule has 5 nitrogen and oxygen atoms in total. The first-order valence-corrected chi connectivity index (χ1v) is 10.1. The molecule has 7 heteroatoms. The molecule has 1 saturated heterocycles. The number of nitrogens with zero attached hydrogens (tertiary/aromatic N) is 3. The lowest BCUT2D eigenvalue weighted by molar-refractivity contribution is 0.0952. The maximum atomic E-state index is 11.9. The van der Waals surface area contributed by atoms with Crippen LogP contribution in [0, 0.1) is 0 Å². The van der Waals surface area contributed by atoms with Gasteiger partial charge in [0.05, 0.1) is 15.1 Å². The van der Waals surface area contributed by atoms with Crippen molar-refractivity contribution in [2.45, 2.75) is 0 Å². The van der Waals surface area contributed by atoms with Gasteiger partial charge in [0.1, 0.15) is 0 Å². The summed E-state index contributed by atoms with van der Waals surface area (Å²) >= 11 is 3.24. The lowest BCUT2D eigenvalue weighted by Gasteiger charge is -2.34. The highest BCUT2D eigenvalue weighted by Gasteiger charge is 2.19. The minimum atomic E-state index is 0.0307. The number of amides is 1. The van der Waals surface area contributed by atoms with E-state index >= 15 is 0 Å². The molecule has 1 aromatic carbocycles. The SMILES string of the molecule is O=C(NCCN1CCN(c2nc3ccccc3s2)CC1)c1cccs1. The summed E-state index contributed by atoms with van der Waals surface area (Å²) in [6.45, 7) is 5.57. The number of aromatic nitrogens is 1. The van der Waals surface area contributed by atoms with E-state index in [1.165, 1.54) is 16.0 Å². The van der Waals surface area contributed by atoms with Crippen LogP contribution >= 0.6 is 22.7 Å². The van der Waals surface area contributed by atoms with Crippen molar-refractivity contribution in [3.63, 3.8) is 0 Å². The number of carbonyl (C=O) groups is 1. The Morgan fingerprint density at radius 2 is 1.96 bits per heavy atom. The summed E-state index contributed by atoms with van der Waals surface area (Å²) in [7, 11) is 0. The predicted molar refractivity (Wildman–Crippen MR) is 105 cm³/mol. The van der Waals surface area contributed by atoms with E-state index in [9.17, 15) is 4.79 Å². The fourth-order valence-corrected chi connectivity index (χ4v) is 4.64. The van der Waals surface area contributed by atoms with Gasteiger partial charge in [-0.25, -0.2) is 4.98 Å². The van der Waals surface area contributed by atoms with Crippen LogP contribution in [0.1, 0.15) is 9.67 Å². The number of carbonyl (C=O) groups excluding carboxylic acids is 1. The number of hydrogen-bond acceptors (Lipinski definition) is 6. The highest BCUT2D eigenvalue weighted by molar-refractivity contribution is 7.22. The molecule has 25 heavy (non-hydrogen) atoms. The van der Waals surface area contributed by atoms with Crippen LogP contribution in [0.2, 0.25) is 0 Å². The predicted octanol–water partition coefficient (Wildman–Crippen LogP) is 2.91. The van der Waals surface area contributed by atoms with Crippen LogP contribution in [0.25, 0.3) is 10.2 Å². The third kappa shape index (κ3) is 3.84. The topological polar surface area (TPSA) is 48.5 Å². The van der Waals surface area contributed by atoms with Crippen molar-refractivity contribution in [3.05, 3.63) is 46.7 Å². The monoisotopic (exact) mass is 372 g/mol. The Morgan fingerprint density at radius 3 is 2.72 bits per heavy atom. The maximum Gasteiger partial charge on any atom is 0.261 e. The molecule has 4 rings (SSSR count). The second-order valence-corrected chi connectivity index (χ2v) is 7.98. The van der Waals surface area contributed by atoms with Crippen LogP contribution in [0.5, 0.6) is 0 Å². The number of benzene rings is 1. The van der Waals surface area contributed by atoms with E-state index in [1.54, 1.807) is 11.3 Å². The van der Waals surface area contributed by atoms with Gasteiger partial charge in [-0.15, -0.1) is 11.3 Å². The van der Waals surface area contributed by atoms with Gasteiger partial charge in [0.15, 0.2) is 5.13 Å². The summed E-state index contributed by atoms with van der Waals surface area (Å²) in [5.41, 5.74) is 1.08. The van der Waals surface area contributed by atoms with Crippen LogP contribution < -0.4 is 10.2 Å². The molecule has 3 aromatic rings. The maximum absolute atomic E-state index is 11.9. The van der Waals surface area contributed by atoms with Crippen LogP contribution in [-0.4, -0.2) is 55.1 Å².